The fourth-order valence-corrected chi connectivity index (χ4v) is 2.71. The number of para-hydroxylation sites is 2. The number of ether oxygens (including phenoxy) is 1. The zero-order valence-corrected chi connectivity index (χ0v) is 12.3. The Morgan fingerprint density at radius 1 is 1.29 bits per heavy atom. The molecule has 1 saturated heterocycles. The van der Waals surface area contributed by atoms with E-state index in [4.69, 9.17) is 10.00 Å². The summed E-state index contributed by atoms with van der Waals surface area (Å²) in [6.07, 6.45) is 1.49. The molecular weight excluding hydrogens is 268 g/mol. The summed E-state index contributed by atoms with van der Waals surface area (Å²) in [5, 5.41) is 8.62. The number of carbonyl (C=O) groups excluding carboxylic acids is 2. The average molecular weight is 286 g/mol. The van der Waals surface area contributed by atoms with E-state index in [0.29, 0.717) is 24.3 Å². The maximum Gasteiger partial charge on any atom is 0.240 e. The van der Waals surface area contributed by atoms with Crippen molar-refractivity contribution in [2.24, 2.45) is 5.41 Å². The van der Waals surface area contributed by atoms with Crippen LogP contribution in [0.15, 0.2) is 24.3 Å². The molecule has 0 unspecified atom stereocenters. The number of carbonyl (C=O) groups is 2. The normalized spacial score (nSPS) is 16.9. The van der Waals surface area contributed by atoms with E-state index < -0.39 is 5.41 Å². The van der Waals surface area contributed by atoms with Gasteiger partial charge in [0, 0.05) is 6.42 Å². The zero-order chi connectivity index (χ0) is 15.5. The highest BCUT2D eigenvalue weighted by molar-refractivity contribution is 6.23. The minimum Gasteiger partial charge on any atom is -0.477 e. The van der Waals surface area contributed by atoms with Crippen LogP contribution in [0.25, 0.3) is 0 Å². The standard InChI is InChI=1S/C16H18N2O3/c1-3-16(4-2)11-14(19)18(15(16)20)12-7-5-6-8-13(12)21-10-9-17/h5-8H,3-4,10-11H2,1-2H3. The van der Waals surface area contributed by atoms with Gasteiger partial charge < -0.3 is 4.74 Å². The summed E-state index contributed by atoms with van der Waals surface area (Å²) in [6.45, 7) is 3.73. The predicted molar refractivity (Wildman–Crippen MR) is 77.7 cm³/mol. The Morgan fingerprint density at radius 2 is 1.95 bits per heavy atom. The number of nitrogens with zero attached hydrogens (tertiary/aromatic N) is 2. The first kappa shape index (κ1) is 15.0. The lowest BCUT2D eigenvalue weighted by atomic mass is 9.81. The molecule has 1 heterocycles. The first-order valence-corrected chi connectivity index (χ1v) is 7.05. The lowest BCUT2D eigenvalue weighted by molar-refractivity contribution is -0.126. The molecule has 1 fully saturated rings. The van der Waals surface area contributed by atoms with Gasteiger partial charge in [0.1, 0.15) is 11.8 Å². The fourth-order valence-electron chi connectivity index (χ4n) is 2.71. The quantitative estimate of drug-likeness (QED) is 0.780. The van der Waals surface area contributed by atoms with E-state index in [-0.39, 0.29) is 24.8 Å². The van der Waals surface area contributed by atoms with Crippen LogP contribution in [0.1, 0.15) is 33.1 Å². The Labute approximate surface area is 124 Å². The largest absolute Gasteiger partial charge is 0.477 e. The van der Waals surface area contributed by atoms with Crippen molar-refractivity contribution < 1.29 is 14.3 Å². The molecule has 2 amide bonds. The molecule has 1 aliphatic rings. The van der Waals surface area contributed by atoms with E-state index in [9.17, 15) is 9.59 Å². The maximum absolute atomic E-state index is 12.7. The summed E-state index contributed by atoms with van der Waals surface area (Å²) >= 11 is 0. The average Bonchev–Trinajstić information content (AvgIpc) is 2.76. The smallest absolute Gasteiger partial charge is 0.240 e. The molecule has 0 saturated carbocycles. The SMILES string of the molecule is CCC1(CC)CC(=O)N(c2ccccc2OCC#N)C1=O. The number of amides is 2. The summed E-state index contributed by atoms with van der Waals surface area (Å²) in [4.78, 5) is 26.2. The number of rotatable bonds is 5. The number of hydrogen-bond donors (Lipinski definition) is 0. The Balaban J connectivity index is 2.41. The molecule has 1 aromatic rings. The van der Waals surface area contributed by atoms with Crippen LogP contribution in [0.4, 0.5) is 5.69 Å². The molecule has 0 spiro atoms. The number of hydrogen-bond acceptors (Lipinski definition) is 4. The third kappa shape index (κ3) is 2.49. The molecule has 0 bridgehead atoms. The molecule has 0 atom stereocenters. The summed E-state index contributed by atoms with van der Waals surface area (Å²) in [5.41, 5.74) is -0.189. The Morgan fingerprint density at radius 3 is 2.52 bits per heavy atom. The second kappa shape index (κ2) is 5.96. The summed E-state index contributed by atoms with van der Waals surface area (Å²) in [6, 6.07) is 8.70. The van der Waals surface area contributed by atoms with E-state index in [0.717, 1.165) is 0 Å². The number of benzene rings is 1. The molecule has 0 aliphatic carbocycles. The van der Waals surface area contributed by atoms with Crippen LogP contribution in [0.5, 0.6) is 5.75 Å². The van der Waals surface area contributed by atoms with Gasteiger partial charge in [0.2, 0.25) is 11.8 Å². The number of nitriles is 1. The Hall–Kier alpha value is -2.35. The van der Waals surface area contributed by atoms with Crippen LogP contribution in [-0.2, 0) is 9.59 Å². The van der Waals surface area contributed by atoms with E-state index >= 15 is 0 Å². The minimum atomic E-state index is -0.612. The topological polar surface area (TPSA) is 70.4 Å². The molecule has 5 heteroatoms. The van der Waals surface area contributed by atoms with E-state index in [2.05, 4.69) is 0 Å². The number of imide groups is 1. The Kier molecular flexibility index (Phi) is 4.27. The summed E-state index contributed by atoms with van der Waals surface area (Å²) in [5.74, 6) is -0.00836. The van der Waals surface area contributed by atoms with Crippen LogP contribution < -0.4 is 9.64 Å². The van der Waals surface area contributed by atoms with Crippen LogP contribution in [0.3, 0.4) is 0 Å². The van der Waals surface area contributed by atoms with Crippen molar-refractivity contribution in [2.45, 2.75) is 33.1 Å². The molecule has 21 heavy (non-hydrogen) atoms. The maximum atomic E-state index is 12.7. The van der Waals surface area contributed by atoms with Gasteiger partial charge >= 0.3 is 0 Å². The van der Waals surface area contributed by atoms with E-state index in [1.807, 2.05) is 19.9 Å². The second-order valence-corrected chi connectivity index (χ2v) is 5.11. The van der Waals surface area contributed by atoms with Gasteiger partial charge in [-0.05, 0) is 25.0 Å². The van der Waals surface area contributed by atoms with E-state index in [1.165, 1.54) is 4.90 Å². The highest BCUT2D eigenvalue weighted by Crippen LogP contribution is 2.43. The molecule has 0 N–H and O–H groups in total. The van der Waals surface area contributed by atoms with Crippen molar-refractivity contribution in [3.8, 4) is 11.8 Å². The summed E-state index contributed by atoms with van der Waals surface area (Å²) < 4.78 is 5.32. The van der Waals surface area contributed by atoms with Crippen molar-refractivity contribution in [3.63, 3.8) is 0 Å². The zero-order valence-electron chi connectivity index (χ0n) is 12.3. The van der Waals surface area contributed by atoms with Crippen molar-refractivity contribution in [3.05, 3.63) is 24.3 Å². The molecule has 0 radical (unpaired) electrons. The molecule has 0 aromatic heterocycles. The molecule has 2 rings (SSSR count). The number of anilines is 1. The third-order valence-corrected chi connectivity index (χ3v) is 4.15. The van der Waals surface area contributed by atoms with Crippen molar-refractivity contribution in [1.82, 2.24) is 0 Å². The van der Waals surface area contributed by atoms with Gasteiger partial charge in [0.05, 0.1) is 11.1 Å². The molecule has 110 valence electrons. The van der Waals surface area contributed by atoms with Gasteiger partial charge in [-0.3, -0.25) is 9.59 Å². The summed E-state index contributed by atoms with van der Waals surface area (Å²) in [7, 11) is 0. The second-order valence-electron chi connectivity index (χ2n) is 5.11. The molecular formula is C16H18N2O3. The minimum absolute atomic E-state index is 0.125. The van der Waals surface area contributed by atoms with Crippen molar-refractivity contribution >= 4 is 17.5 Å². The van der Waals surface area contributed by atoms with Gasteiger partial charge in [0.25, 0.3) is 0 Å². The monoisotopic (exact) mass is 286 g/mol. The lowest BCUT2D eigenvalue weighted by Gasteiger charge is -2.24. The molecule has 1 aliphatic heterocycles. The van der Waals surface area contributed by atoms with Crippen LogP contribution in [0.2, 0.25) is 0 Å². The predicted octanol–water partition coefficient (Wildman–Crippen LogP) is 2.66. The van der Waals surface area contributed by atoms with Crippen molar-refractivity contribution in [1.29, 1.82) is 5.26 Å². The van der Waals surface area contributed by atoms with Gasteiger partial charge in [-0.25, -0.2) is 4.90 Å². The lowest BCUT2D eigenvalue weighted by Crippen LogP contribution is -2.35. The highest BCUT2D eigenvalue weighted by Gasteiger charge is 2.50. The molecule has 1 aromatic carbocycles. The van der Waals surface area contributed by atoms with Crippen LogP contribution >= 0.6 is 0 Å². The van der Waals surface area contributed by atoms with Gasteiger partial charge in [-0.2, -0.15) is 5.26 Å². The first-order valence-electron chi connectivity index (χ1n) is 7.05. The molecule has 5 nitrogen and oxygen atoms in total. The van der Waals surface area contributed by atoms with Gasteiger partial charge in [-0.15, -0.1) is 0 Å². The Bertz CT molecular complexity index is 600. The van der Waals surface area contributed by atoms with Gasteiger partial charge in [-0.1, -0.05) is 26.0 Å². The van der Waals surface area contributed by atoms with E-state index in [1.54, 1.807) is 24.3 Å². The highest BCUT2D eigenvalue weighted by atomic mass is 16.5. The van der Waals surface area contributed by atoms with Crippen LogP contribution in [0, 0.1) is 16.7 Å². The van der Waals surface area contributed by atoms with Crippen molar-refractivity contribution in [2.75, 3.05) is 11.5 Å². The third-order valence-electron chi connectivity index (χ3n) is 4.15. The van der Waals surface area contributed by atoms with Gasteiger partial charge in [0.15, 0.2) is 6.61 Å². The fraction of sp³-hybridized carbons (Fsp3) is 0.438. The van der Waals surface area contributed by atoms with Crippen LogP contribution in [-0.4, -0.2) is 18.4 Å². The first-order chi connectivity index (χ1) is 10.1.